The quantitative estimate of drug-likeness (QED) is 0.871. The fourth-order valence-electron chi connectivity index (χ4n) is 2.98. The normalized spacial score (nSPS) is 16.7. The minimum absolute atomic E-state index is 0.363. The van der Waals surface area contributed by atoms with E-state index < -0.39 is 0 Å². The molecule has 0 amide bonds. The molecule has 2 aromatic rings. The van der Waals surface area contributed by atoms with Gasteiger partial charge < -0.3 is 15.5 Å². The highest BCUT2D eigenvalue weighted by molar-refractivity contribution is 5.50. The molecule has 7 heteroatoms. The SMILES string of the molecule is CNc1cc(N2CCCC2CNc2cc(C)c(C#N)cn2)ncn1. The Morgan fingerprint density at radius 1 is 1.29 bits per heavy atom. The van der Waals surface area contributed by atoms with E-state index in [0.717, 1.165) is 48.9 Å². The minimum atomic E-state index is 0.363. The lowest BCUT2D eigenvalue weighted by molar-refractivity contribution is 0.689. The van der Waals surface area contributed by atoms with Crippen molar-refractivity contribution in [2.75, 3.05) is 35.7 Å². The molecule has 0 aromatic carbocycles. The van der Waals surface area contributed by atoms with Crippen molar-refractivity contribution in [1.82, 2.24) is 15.0 Å². The lowest BCUT2D eigenvalue weighted by atomic mass is 10.2. The van der Waals surface area contributed by atoms with Crippen LogP contribution in [0.2, 0.25) is 0 Å². The van der Waals surface area contributed by atoms with Crippen LogP contribution in [0.15, 0.2) is 24.7 Å². The Balaban J connectivity index is 1.68. The van der Waals surface area contributed by atoms with E-state index in [1.54, 1.807) is 12.5 Å². The van der Waals surface area contributed by atoms with E-state index in [2.05, 4.69) is 36.6 Å². The van der Waals surface area contributed by atoms with Gasteiger partial charge in [-0.2, -0.15) is 5.26 Å². The van der Waals surface area contributed by atoms with Gasteiger partial charge in [0.2, 0.25) is 0 Å². The van der Waals surface area contributed by atoms with Gasteiger partial charge in [0.05, 0.1) is 5.56 Å². The Hall–Kier alpha value is -2.88. The largest absolute Gasteiger partial charge is 0.373 e. The number of rotatable bonds is 5. The van der Waals surface area contributed by atoms with Gasteiger partial charge in [-0.1, -0.05) is 0 Å². The molecule has 1 fully saturated rings. The van der Waals surface area contributed by atoms with E-state index in [1.165, 1.54) is 0 Å². The number of nitriles is 1. The predicted molar refractivity (Wildman–Crippen MR) is 94.1 cm³/mol. The fourth-order valence-corrected chi connectivity index (χ4v) is 2.98. The summed E-state index contributed by atoms with van der Waals surface area (Å²) in [4.78, 5) is 15.2. The Morgan fingerprint density at radius 2 is 2.17 bits per heavy atom. The lowest BCUT2D eigenvalue weighted by Gasteiger charge is -2.26. The fraction of sp³-hybridized carbons (Fsp3) is 0.412. The van der Waals surface area contributed by atoms with Crippen LogP contribution < -0.4 is 15.5 Å². The standard InChI is InChI=1S/C17H21N7/c1-12-6-16(20-9-13(12)8-18)21-10-14-4-3-5-24(14)17-7-15(19-2)22-11-23-17/h6-7,9,11,14H,3-5,10H2,1-2H3,(H,20,21)(H,19,22,23). The molecule has 1 aliphatic heterocycles. The topological polar surface area (TPSA) is 89.8 Å². The molecule has 1 atom stereocenters. The number of aryl methyl sites for hydroxylation is 1. The van der Waals surface area contributed by atoms with E-state index in [-0.39, 0.29) is 0 Å². The molecule has 24 heavy (non-hydrogen) atoms. The Bertz CT molecular complexity index is 753. The zero-order valence-electron chi connectivity index (χ0n) is 14.0. The van der Waals surface area contributed by atoms with Gasteiger partial charge in [0.1, 0.15) is 29.9 Å². The summed E-state index contributed by atoms with van der Waals surface area (Å²) in [6.07, 6.45) is 5.47. The summed E-state index contributed by atoms with van der Waals surface area (Å²) >= 11 is 0. The molecule has 0 saturated carbocycles. The van der Waals surface area contributed by atoms with Crippen molar-refractivity contribution in [3.63, 3.8) is 0 Å². The van der Waals surface area contributed by atoms with Crippen molar-refractivity contribution in [1.29, 1.82) is 5.26 Å². The molecular formula is C17H21N7. The molecule has 0 spiro atoms. The highest BCUT2D eigenvalue weighted by Crippen LogP contribution is 2.25. The molecule has 0 bridgehead atoms. The summed E-state index contributed by atoms with van der Waals surface area (Å²) in [5.41, 5.74) is 1.55. The molecule has 2 aromatic heterocycles. The summed E-state index contributed by atoms with van der Waals surface area (Å²) < 4.78 is 0. The maximum Gasteiger partial charge on any atom is 0.134 e. The first-order valence-electron chi connectivity index (χ1n) is 8.08. The van der Waals surface area contributed by atoms with Crippen LogP contribution in [0.3, 0.4) is 0 Å². The number of anilines is 3. The van der Waals surface area contributed by atoms with E-state index in [4.69, 9.17) is 5.26 Å². The molecule has 124 valence electrons. The van der Waals surface area contributed by atoms with Crippen LogP contribution in [-0.2, 0) is 0 Å². The van der Waals surface area contributed by atoms with E-state index >= 15 is 0 Å². The van der Waals surface area contributed by atoms with E-state index in [9.17, 15) is 0 Å². The maximum absolute atomic E-state index is 8.98. The smallest absolute Gasteiger partial charge is 0.134 e. The van der Waals surface area contributed by atoms with Crippen molar-refractivity contribution in [3.05, 3.63) is 35.8 Å². The van der Waals surface area contributed by atoms with Crippen LogP contribution >= 0.6 is 0 Å². The van der Waals surface area contributed by atoms with E-state index in [1.807, 2.05) is 26.1 Å². The average Bonchev–Trinajstić information content (AvgIpc) is 3.08. The third-order valence-corrected chi connectivity index (χ3v) is 4.33. The predicted octanol–water partition coefficient (Wildman–Crippen LogP) is 2.17. The van der Waals surface area contributed by atoms with Crippen LogP contribution in [0, 0.1) is 18.3 Å². The van der Waals surface area contributed by atoms with Crippen LogP contribution in [0.25, 0.3) is 0 Å². The zero-order chi connectivity index (χ0) is 16.9. The molecule has 3 heterocycles. The second-order valence-corrected chi connectivity index (χ2v) is 5.88. The monoisotopic (exact) mass is 323 g/mol. The number of hydrogen-bond donors (Lipinski definition) is 2. The van der Waals surface area contributed by atoms with Gasteiger partial charge in [-0.05, 0) is 31.4 Å². The second kappa shape index (κ2) is 7.13. The van der Waals surface area contributed by atoms with Gasteiger partial charge in [0.25, 0.3) is 0 Å². The highest BCUT2D eigenvalue weighted by atomic mass is 15.3. The van der Waals surface area contributed by atoms with E-state index in [0.29, 0.717) is 11.6 Å². The number of aromatic nitrogens is 3. The molecule has 7 nitrogen and oxygen atoms in total. The first kappa shape index (κ1) is 16.0. The van der Waals surface area contributed by atoms with Gasteiger partial charge in [-0.3, -0.25) is 0 Å². The molecule has 1 unspecified atom stereocenters. The van der Waals surface area contributed by atoms with Crippen LogP contribution in [0.5, 0.6) is 0 Å². The number of hydrogen-bond acceptors (Lipinski definition) is 7. The minimum Gasteiger partial charge on any atom is -0.373 e. The first-order chi connectivity index (χ1) is 11.7. The summed E-state index contributed by atoms with van der Waals surface area (Å²) in [6.45, 7) is 3.71. The van der Waals surface area contributed by atoms with Gasteiger partial charge in [0, 0.05) is 38.4 Å². The molecule has 0 radical (unpaired) electrons. The molecule has 2 N–H and O–H groups in total. The summed E-state index contributed by atoms with van der Waals surface area (Å²) in [5.74, 6) is 2.57. The number of pyridine rings is 1. The van der Waals surface area contributed by atoms with Gasteiger partial charge >= 0.3 is 0 Å². The maximum atomic E-state index is 8.98. The highest BCUT2D eigenvalue weighted by Gasteiger charge is 2.25. The summed E-state index contributed by atoms with van der Waals surface area (Å²) in [5, 5.41) is 15.4. The third-order valence-electron chi connectivity index (χ3n) is 4.33. The molecular weight excluding hydrogens is 302 g/mol. The van der Waals surface area contributed by atoms with Crippen LogP contribution in [-0.4, -0.2) is 41.1 Å². The molecule has 0 aliphatic carbocycles. The second-order valence-electron chi connectivity index (χ2n) is 5.88. The zero-order valence-corrected chi connectivity index (χ0v) is 14.0. The van der Waals surface area contributed by atoms with Crippen molar-refractivity contribution < 1.29 is 0 Å². The van der Waals surface area contributed by atoms with Gasteiger partial charge in [-0.25, -0.2) is 15.0 Å². The molecule has 3 rings (SSSR count). The summed E-state index contributed by atoms with van der Waals surface area (Å²) in [6, 6.07) is 6.40. The summed E-state index contributed by atoms with van der Waals surface area (Å²) in [7, 11) is 1.86. The average molecular weight is 323 g/mol. The first-order valence-corrected chi connectivity index (χ1v) is 8.08. The van der Waals surface area contributed by atoms with Crippen molar-refractivity contribution in [2.45, 2.75) is 25.8 Å². The van der Waals surface area contributed by atoms with Crippen molar-refractivity contribution in [2.24, 2.45) is 0 Å². The Kier molecular flexibility index (Phi) is 4.75. The van der Waals surface area contributed by atoms with Crippen molar-refractivity contribution in [3.8, 4) is 6.07 Å². The Morgan fingerprint density at radius 3 is 2.92 bits per heavy atom. The Labute approximate surface area is 141 Å². The number of nitrogens with one attached hydrogen (secondary N) is 2. The number of nitrogens with zero attached hydrogens (tertiary/aromatic N) is 5. The van der Waals surface area contributed by atoms with Crippen molar-refractivity contribution >= 4 is 17.5 Å². The van der Waals surface area contributed by atoms with Crippen LogP contribution in [0.4, 0.5) is 17.5 Å². The van der Waals surface area contributed by atoms with Gasteiger partial charge in [-0.15, -0.1) is 0 Å². The lowest BCUT2D eigenvalue weighted by Crippen LogP contribution is -2.35. The van der Waals surface area contributed by atoms with Gasteiger partial charge in [0.15, 0.2) is 0 Å². The molecule has 1 aliphatic rings. The molecule has 1 saturated heterocycles. The van der Waals surface area contributed by atoms with Crippen LogP contribution in [0.1, 0.15) is 24.0 Å². The third kappa shape index (κ3) is 3.38.